The number of aryl methyl sites for hydroxylation is 2. The van der Waals surface area contributed by atoms with Crippen LogP contribution in [0.1, 0.15) is 27.6 Å². The zero-order valence-corrected chi connectivity index (χ0v) is 19.1. The Bertz CT molecular complexity index is 1550. The maximum atomic E-state index is 14.4. The lowest BCUT2D eigenvalue weighted by Crippen LogP contribution is -2.17. The first kappa shape index (κ1) is 22.0. The van der Waals surface area contributed by atoms with Gasteiger partial charge < -0.3 is 10.6 Å². The summed E-state index contributed by atoms with van der Waals surface area (Å²) < 4.78 is 15.9. The van der Waals surface area contributed by atoms with Gasteiger partial charge in [0, 0.05) is 30.0 Å². The first-order valence-corrected chi connectivity index (χ1v) is 10.9. The van der Waals surface area contributed by atoms with Crippen LogP contribution in [0, 0.1) is 12.7 Å². The van der Waals surface area contributed by atoms with E-state index in [2.05, 4.69) is 30.9 Å². The Morgan fingerprint density at radius 3 is 2.66 bits per heavy atom. The molecule has 5 rings (SSSR count). The van der Waals surface area contributed by atoms with Gasteiger partial charge in [-0.25, -0.2) is 4.39 Å². The third-order valence-corrected chi connectivity index (χ3v) is 5.43. The minimum atomic E-state index is -0.531. The van der Waals surface area contributed by atoms with Crippen molar-refractivity contribution in [1.82, 2.24) is 25.0 Å². The molecule has 0 saturated heterocycles. The molecule has 0 aliphatic carbocycles. The van der Waals surface area contributed by atoms with Gasteiger partial charge in [-0.05, 0) is 73.7 Å². The SMILES string of the molecule is Cc1cc(C(=O)Nc2cc(Nc3ccc4c(/C=C/c5ccccn5)n[nH]c4c3)ccc2F)n(C)n1. The van der Waals surface area contributed by atoms with Crippen LogP contribution in [-0.4, -0.2) is 30.9 Å². The Morgan fingerprint density at radius 1 is 1.06 bits per heavy atom. The summed E-state index contributed by atoms with van der Waals surface area (Å²) in [5.74, 6) is -0.967. The summed E-state index contributed by atoms with van der Waals surface area (Å²) in [6.45, 7) is 1.79. The van der Waals surface area contributed by atoms with E-state index in [1.807, 2.05) is 48.6 Å². The largest absolute Gasteiger partial charge is 0.355 e. The maximum absolute atomic E-state index is 14.4. The van der Waals surface area contributed by atoms with E-state index in [1.54, 1.807) is 38.4 Å². The molecule has 5 aromatic rings. The molecule has 0 aliphatic rings. The van der Waals surface area contributed by atoms with Crippen molar-refractivity contribution in [1.29, 1.82) is 0 Å². The number of anilines is 3. The molecule has 0 saturated carbocycles. The Kier molecular flexibility index (Phi) is 5.80. The number of aromatic amines is 1. The molecule has 3 aromatic heterocycles. The summed E-state index contributed by atoms with van der Waals surface area (Å²) >= 11 is 0. The molecular formula is C26H22FN7O. The zero-order valence-electron chi connectivity index (χ0n) is 19.1. The van der Waals surface area contributed by atoms with Gasteiger partial charge in [0.25, 0.3) is 5.91 Å². The van der Waals surface area contributed by atoms with Crippen molar-refractivity contribution in [3.05, 3.63) is 95.5 Å². The molecule has 0 atom stereocenters. The molecule has 0 bridgehead atoms. The van der Waals surface area contributed by atoms with Crippen LogP contribution in [-0.2, 0) is 7.05 Å². The average Bonchev–Trinajstić information content (AvgIpc) is 3.42. The Labute approximate surface area is 200 Å². The maximum Gasteiger partial charge on any atom is 0.274 e. The Balaban J connectivity index is 1.34. The van der Waals surface area contributed by atoms with Crippen molar-refractivity contribution in [2.75, 3.05) is 10.6 Å². The van der Waals surface area contributed by atoms with Gasteiger partial charge in [-0.15, -0.1) is 0 Å². The summed E-state index contributed by atoms with van der Waals surface area (Å²) in [7, 11) is 1.67. The summed E-state index contributed by atoms with van der Waals surface area (Å²) in [5, 5.41) is 18.4. The summed E-state index contributed by atoms with van der Waals surface area (Å²) in [4.78, 5) is 16.9. The van der Waals surface area contributed by atoms with E-state index in [4.69, 9.17) is 0 Å². The van der Waals surface area contributed by atoms with Crippen LogP contribution in [0.15, 0.2) is 66.9 Å². The second-order valence-electron chi connectivity index (χ2n) is 8.03. The van der Waals surface area contributed by atoms with Gasteiger partial charge in [-0.2, -0.15) is 10.2 Å². The van der Waals surface area contributed by atoms with Gasteiger partial charge in [0.05, 0.1) is 28.3 Å². The molecule has 2 aromatic carbocycles. The summed E-state index contributed by atoms with van der Waals surface area (Å²) in [5.41, 5.74) is 5.02. The van der Waals surface area contributed by atoms with Crippen LogP contribution in [0.25, 0.3) is 23.1 Å². The summed E-state index contributed by atoms with van der Waals surface area (Å²) in [6, 6.07) is 17.6. The van der Waals surface area contributed by atoms with Gasteiger partial charge in [0.2, 0.25) is 0 Å². The normalized spacial score (nSPS) is 11.3. The number of H-pyrrole nitrogens is 1. The third kappa shape index (κ3) is 4.79. The second kappa shape index (κ2) is 9.22. The molecule has 0 spiro atoms. The number of rotatable bonds is 6. The van der Waals surface area contributed by atoms with Crippen molar-refractivity contribution in [3.63, 3.8) is 0 Å². The highest BCUT2D eigenvalue weighted by atomic mass is 19.1. The van der Waals surface area contributed by atoms with E-state index in [-0.39, 0.29) is 5.69 Å². The lowest BCUT2D eigenvalue weighted by atomic mass is 10.1. The fraction of sp³-hybridized carbons (Fsp3) is 0.0769. The minimum Gasteiger partial charge on any atom is -0.355 e. The van der Waals surface area contributed by atoms with Gasteiger partial charge in [-0.3, -0.25) is 19.6 Å². The molecular weight excluding hydrogens is 445 g/mol. The summed E-state index contributed by atoms with van der Waals surface area (Å²) in [6.07, 6.45) is 5.56. The molecule has 0 fully saturated rings. The second-order valence-corrected chi connectivity index (χ2v) is 8.03. The molecule has 9 heteroatoms. The lowest BCUT2D eigenvalue weighted by molar-refractivity contribution is 0.101. The molecule has 3 N–H and O–H groups in total. The number of nitrogens with one attached hydrogen (secondary N) is 3. The number of hydrogen-bond acceptors (Lipinski definition) is 5. The molecule has 0 unspecified atom stereocenters. The van der Waals surface area contributed by atoms with Crippen LogP contribution >= 0.6 is 0 Å². The van der Waals surface area contributed by atoms with E-state index in [9.17, 15) is 9.18 Å². The standard InChI is InChI=1S/C26H22FN7O/c1-16-13-25(34(2)33-16)26(35)30-24-15-19(7-10-21(24)27)29-18-6-9-20-22(31-32-23(20)14-18)11-8-17-5-3-4-12-28-17/h3-15,29H,1-2H3,(H,30,35)(H,31,32)/b11-8+. The predicted octanol–water partition coefficient (Wildman–Crippen LogP) is 5.31. The number of amides is 1. The number of pyridine rings is 1. The molecule has 0 aliphatic heterocycles. The minimum absolute atomic E-state index is 0.0726. The molecule has 3 heterocycles. The van der Waals surface area contributed by atoms with Crippen LogP contribution in [0.5, 0.6) is 0 Å². The van der Waals surface area contributed by atoms with E-state index < -0.39 is 11.7 Å². The highest BCUT2D eigenvalue weighted by Gasteiger charge is 2.15. The van der Waals surface area contributed by atoms with Crippen LogP contribution < -0.4 is 10.6 Å². The van der Waals surface area contributed by atoms with Crippen molar-refractivity contribution in [2.45, 2.75) is 6.92 Å². The highest BCUT2D eigenvalue weighted by Crippen LogP contribution is 2.27. The molecule has 8 nitrogen and oxygen atoms in total. The van der Waals surface area contributed by atoms with E-state index >= 15 is 0 Å². The van der Waals surface area contributed by atoms with Gasteiger partial charge in [-0.1, -0.05) is 6.07 Å². The van der Waals surface area contributed by atoms with Crippen LogP contribution in [0.2, 0.25) is 0 Å². The fourth-order valence-corrected chi connectivity index (χ4v) is 3.76. The number of benzene rings is 2. The molecule has 1 amide bonds. The monoisotopic (exact) mass is 467 g/mol. The van der Waals surface area contributed by atoms with Crippen LogP contribution in [0.3, 0.4) is 0 Å². The molecule has 0 radical (unpaired) electrons. The number of aromatic nitrogens is 5. The van der Waals surface area contributed by atoms with E-state index in [1.165, 1.54) is 10.7 Å². The first-order valence-electron chi connectivity index (χ1n) is 10.9. The lowest BCUT2D eigenvalue weighted by Gasteiger charge is -2.11. The Hall–Kier alpha value is -4.79. The fourth-order valence-electron chi connectivity index (χ4n) is 3.76. The van der Waals surface area contributed by atoms with Crippen molar-refractivity contribution < 1.29 is 9.18 Å². The van der Waals surface area contributed by atoms with E-state index in [0.29, 0.717) is 17.1 Å². The average molecular weight is 468 g/mol. The van der Waals surface area contributed by atoms with E-state index in [0.717, 1.165) is 28.0 Å². The van der Waals surface area contributed by atoms with Gasteiger partial charge in [0.15, 0.2) is 0 Å². The zero-order chi connectivity index (χ0) is 24.4. The molecule has 35 heavy (non-hydrogen) atoms. The van der Waals surface area contributed by atoms with Crippen molar-refractivity contribution >= 4 is 46.0 Å². The van der Waals surface area contributed by atoms with Crippen molar-refractivity contribution in [3.8, 4) is 0 Å². The predicted molar refractivity (Wildman–Crippen MR) is 135 cm³/mol. The van der Waals surface area contributed by atoms with Gasteiger partial charge in [0.1, 0.15) is 11.5 Å². The number of nitrogens with zero attached hydrogens (tertiary/aromatic N) is 4. The van der Waals surface area contributed by atoms with Crippen molar-refractivity contribution in [2.24, 2.45) is 7.05 Å². The van der Waals surface area contributed by atoms with Crippen LogP contribution in [0.4, 0.5) is 21.5 Å². The first-order chi connectivity index (χ1) is 17.0. The smallest absolute Gasteiger partial charge is 0.274 e. The topological polar surface area (TPSA) is 101 Å². The third-order valence-electron chi connectivity index (χ3n) is 5.43. The quantitative estimate of drug-likeness (QED) is 0.314. The number of halogens is 1. The number of carbonyl (C=O) groups excluding carboxylic acids is 1. The molecule has 174 valence electrons. The number of carbonyl (C=O) groups is 1. The number of fused-ring (bicyclic) bond motifs is 1. The Morgan fingerprint density at radius 2 is 1.89 bits per heavy atom. The number of hydrogen-bond donors (Lipinski definition) is 3. The highest BCUT2D eigenvalue weighted by molar-refractivity contribution is 6.03. The van der Waals surface area contributed by atoms with Gasteiger partial charge >= 0.3 is 0 Å².